The highest BCUT2D eigenvalue weighted by molar-refractivity contribution is 7.16. The first-order valence-electron chi connectivity index (χ1n) is 7.96. The average molecular weight is 402 g/mol. The number of carbonyl (C=O) groups excluding carboxylic acids is 1. The van der Waals surface area contributed by atoms with Crippen molar-refractivity contribution in [3.63, 3.8) is 0 Å². The van der Waals surface area contributed by atoms with Crippen LogP contribution < -0.4 is 15.5 Å². The van der Waals surface area contributed by atoms with Gasteiger partial charge in [0.1, 0.15) is 5.75 Å². The quantitative estimate of drug-likeness (QED) is 0.464. The summed E-state index contributed by atoms with van der Waals surface area (Å²) in [6.07, 6.45) is 1.43. The summed E-state index contributed by atoms with van der Waals surface area (Å²) in [6, 6.07) is 14.7. The van der Waals surface area contributed by atoms with Crippen LogP contribution in [0.2, 0.25) is 5.02 Å². The molecule has 3 rings (SSSR count). The van der Waals surface area contributed by atoms with Crippen molar-refractivity contribution >= 4 is 45.9 Å². The SMILES string of the molecule is Cc1cccc(OCC(=O)N/N=C/c2nnc(Nc3ccc(Cl)cc3)s2)c1. The molecule has 2 N–H and O–H groups in total. The smallest absolute Gasteiger partial charge is 0.277 e. The van der Waals surface area contributed by atoms with E-state index in [9.17, 15) is 4.79 Å². The Balaban J connectivity index is 1.46. The number of aryl methyl sites for hydroxylation is 1. The van der Waals surface area contributed by atoms with E-state index in [1.54, 1.807) is 18.2 Å². The Morgan fingerprint density at radius 1 is 1.26 bits per heavy atom. The maximum absolute atomic E-state index is 11.8. The van der Waals surface area contributed by atoms with Crippen LogP contribution in [0.1, 0.15) is 10.6 Å². The molecule has 0 unspecified atom stereocenters. The zero-order valence-electron chi connectivity index (χ0n) is 14.3. The minimum absolute atomic E-state index is 0.125. The van der Waals surface area contributed by atoms with Gasteiger partial charge in [-0.1, -0.05) is 35.1 Å². The Hall–Kier alpha value is -2.97. The number of hydrogen-bond acceptors (Lipinski definition) is 7. The first-order chi connectivity index (χ1) is 13.1. The van der Waals surface area contributed by atoms with Crippen molar-refractivity contribution in [2.24, 2.45) is 5.10 Å². The molecule has 2 aromatic carbocycles. The molecule has 0 saturated heterocycles. The molecular formula is C18H16ClN5O2S. The van der Waals surface area contributed by atoms with Crippen LogP contribution in [-0.4, -0.2) is 28.9 Å². The molecule has 0 spiro atoms. The Labute approximate surface area is 165 Å². The van der Waals surface area contributed by atoms with E-state index in [1.165, 1.54) is 17.6 Å². The molecule has 0 bridgehead atoms. The topological polar surface area (TPSA) is 88.5 Å². The monoisotopic (exact) mass is 401 g/mol. The predicted octanol–water partition coefficient (Wildman–Crippen LogP) is 3.77. The second-order valence-electron chi connectivity index (χ2n) is 5.48. The molecular weight excluding hydrogens is 386 g/mol. The molecule has 0 radical (unpaired) electrons. The minimum atomic E-state index is -0.364. The van der Waals surface area contributed by atoms with Gasteiger partial charge in [-0.2, -0.15) is 5.10 Å². The van der Waals surface area contributed by atoms with Gasteiger partial charge in [-0.05, 0) is 48.9 Å². The van der Waals surface area contributed by atoms with Crippen molar-refractivity contribution in [3.05, 3.63) is 64.1 Å². The van der Waals surface area contributed by atoms with Gasteiger partial charge in [-0.25, -0.2) is 5.43 Å². The van der Waals surface area contributed by atoms with Crippen molar-refractivity contribution in [3.8, 4) is 5.75 Å². The predicted molar refractivity (Wildman–Crippen MR) is 107 cm³/mol. The zero-order chi connectivity index (χ0) is 19.1. The van der Waals surface area contributed by atoms with Gasteiger partial charge in [0.05, 0.1) is 6.21 Å². The van der Waals surface area contributed by atoms with Crippen LogP contribution in [0.25, 0.3) is 0 Å². The van der Waals surface area contributed by atoms with Crippen LogP contribution >= 0.6 is 22.9 Å². The molecule has 0 fully saturated rings. The lowest BCUT2D eigenvalue weighted by Gasteiger charge is -2.05. The van der Waals surface area contributed by atoms with E-state index in [1.807, 2.05) is 37.3 Å². The van der Waals surface area contributed by atoms with E-state index in [4.69, 9.17) is 16.3 Å². The van der Waals surface area contributed by atoms with Gasteiger partial charge in [0.2, 0.25) is 5.13 Å². The van der Waals surface area contributed by atoms with E-state index >= 15 is 0 Å². The molecule has 1 amide bonds. The Bertz CT molecular complexity index is 943. The molecule has 27 heavy (non-hydrogen) atoms. The van der Waals surface area contributed by atoms with Crippen molar-refractivity contribution in [1.29, 1.82) is 0 Å². The second-order valence-corrected chi connectivity index (χ2v) is 6.92. The van der Waals surface area contributed by atoms with Gasteiger partial charge in [-0.15, -0.1) is 10.2 Å². The zero-order valence-corrected chi connectivity index (χ0v) is 15.9. The number of benzene rings is 2. The number of hydrogen-bond donors (Lipinski definition) is 2. The van der Waals surface area contributed by atoms with Crippen molar-refractivity contribution in [2.75, 3.05) is 11.9 Å². The first kappa shape index (κ1) is 18.8. The fraction of sp³-hybridized carbons (Fsp3) is 0.111. The summed E-state index contributed by atoms with van der Waals surface area (Å²) in [5.41, 5.74) is 4.30. The Morgan fingerprint density at radius 2 is 2.07 bits per heavy atom. The second kappa shape index (κ2) is 9.11. The van der Waals surface area contributed by atoms with Gasteiger partial charge >= 0.3 is 0 Å². The van der Waals surface area contributed by atoms with E-state index in [-0.39, 0.29) is 12.5 Å². The summed E-state index contributed by atoms with van der Waals surface area (Å²) >= 11 is 7.15. The number of nitrogens with one attached hydrogen (secondary N) is 2. The summed E-state index contributed by atoms with van der Waals surface area (Å²) in [5.74, 6) is 0.271. The van der Waals surface area contributed by atoms with E-state index < -0.39 is 0 Å². The lowest BCUT2D eigenvalue weighted by Crippen LogP contribution is -2.24. The molecule has 0 aliphatic carbocycles. The fourth-order valence-corrected chi connectivity index (χ4v) is 2.80. The van der Waals surface area contributed by atoms with Gasteiger partial charge in [0, 0.05) is 10.7 Å². The third-order valence-corrected chi connectivity index (χ3v) is 4.29. The van der Waals surface area contributed by atoms with Gasteiger partial charge in [0.15, 0.2) is 11.6 Å². The summed E-state index contributed by atoms with van der Waals surface area (Å²) in [7, 11) is 0. The third kappa shape index (κ3) is 6.05. The number of carbonyl (C=O) groups is 1. The lowest BCUT2D eigenvalue weighted by molar-refractivity contribution is -0.123. The highest BCUT2D eigenvalue weighted by atomic mass is 35.5. The van der Waals surface area contributed by atoms with Crippen LogP contribution in [-0.2, 0) is 4.79 Å². The first-order valence-corrected chi connectivity index (χ1v) is 9.15. The summed E-state index contributed by atoms with van der Waals surface area (Å²) < 4.78 is 5.40. The fourth-order valence-electron chi connectivity index (χ4n) is 2.04. The molecule has 138 valence electrons. The van der Waals surface area contributed by atoms with Crippen LogP contribution in [0.15, 0.2) is 53.6 Å². The Kier molecular flexibility index (Phi) is 6.35. The molecule has 3 aromatic rings. The van der Waals surface area contributed by atoms with Crippen LogP contribution in [0.4, 0.5) is 10.8 Å². The number of aromatic nitrogens is 2. The molecule has 7 nitrogen and oxygen atoms in total. The number of rotatable bonds is 7. The number of nitrogens with zero attached hydrogens (tertiary/aromatic N) is 3. The number of amides is 1. The number of anilines is 2. The molecule has 9 heteroatoms. The van der Waals surface area contributed by atoms with Crippen LogP contribution in [0, 0.1) is 6.92 Å². The highest BCUT2D eigenvalue weighted by Gasteiger charge is 2.04. The van der Waals surface area contributed by atoms with E-state index in [0.29, 0.717) is 20.9 Å². The van der Waals surface area contributed by atoms with Gasteiger partial charge < -0.3 is 10.1 Å². The minimum Gasteiger partial charge on any atom is -0.484 e. The largest absolute Gasteiger partial charge is 0.484 e. The summed E-state index contributed by atoms with van der Waals surface area (Å²) in [6.45, 7) is 1.83. The average Bonchev–Trinajstić information content (AvgIpc) is 3.09. The van der Waals surface area contributed by atoms with Gasteiger partial charge in [0.25, 0.3) is 5.91 Å². The standard InChI is InChI=1S/C18H16ClN5O2S/c1-12-3-2-4-15(9-12)26-11-16(25)22-20-10-17-23-24-18(27-17)21-14-7-5-13(19)6-8-14/h2-10H,11H2,1H3,(H,21,24)(H,22,25)/b20-10+. The molecule has 0 aliphatic rings. The molecule has 1 heterocycles. The Morgan fingerprint density at radius 3 is 2.85 bits per heavy atom. The van der Waals surface area contributed by atoms with Crippen molar-refractivity contribution < 1.29 is 9.53 Å². The number of halogens is 1. The van der Waals surface area contributed by atoms with Crippen LogP contribution in [0.3, 0.4) is 0 Å². The number of hydrazone groups is 1. The lowest BCUT2D eigenvalue weighted by atomic mass is 10.2. The normalized spacial score (nSPS) is 10.7. The number of ether oxygens (including phenoxy) is 1. The van der Waals surface area contributed by atoms with E-state index in [0.717, 1.165) is 11.3 Å². The molecule has 0 atom stereocenters. The molecule has 0 saturated carbocycles. The summed E-state index contributed by atoms with van der Waals surface area (Å²) in [4.78, 5) is 11.8. The maximum Gasteiger partial charge on any atom is 0.277 e. The summed E-state index contributed by atoms with van der Waals surface area (Å²) in [5, 5.41) is 16.8. The van der Waals surface area contributed by atoms with Gasteiger partial charge in [-0.3, -0.25) is 4.79 Å². The van der Waals surface area contributed by atoms with Crippen LogP contribution in [0.5, 0.6) is 5.75 Å². The molecule has 0 aliphatic heterocycles. The third-order valence-electron chi connectivity index (χ3n) is 3.26. The maximum atomic E-state index is 11.8. The molecule has 1 aromatic heterocycles. The van der Waals surface area contributed by atoms with Crippen molar-refractivity contribution in [2.45, 2.75) is 6.92 Å². The highest BCUT2D eigenvalue weighted by Crippen LogP contribution is 2.21. The van der Waals surface area contributed by atoms with Crippen molar-refractivity contribution in [1.82, 2.24) is 15.6 Å². The van der Waals surface area contributed by atoms with E-state index in [2.05, 4.69) is 26.0 Å².